The lowest BCUT2D eigenvalue weighted by atomic mass is 10.1. The van der Waals surface area contributed by atoms with Crippen LogP contribution in [0.1, 0.15) is 32.6 Å². The molecule has 5 nitrogen and oxygen atoms in total. The Bertz CT molecular complexity index is 1210. The first kappa shape index (κ1) is 20.3. The van der Waals surface area contributed by atoms with Crippen LogP contribution in [0, 0.1) is 13.8 Å². The van der Waals surface area contributed by atoms with Crippen LogP contribution in [0.3, 0.4) is 0 Å². The van der Waals surface area contributed by atoms with Crippen LogP contribution in [0.2, 0.25) is 0 Å². The largest absolute Gasteiger partial charge is 0.271 e. The van der Waals surface area contributed by atoms with Gasteiger partial charge in [-0.15, -0.1) is 0 Å². The van der Waals surface area contributed by atoms with Crippen molar-refractivity contribution in [2.75, 3.05) is 0 Å². The molecule has 5 heteroatoms. The normalized spacial score (nSPS) is 11.0. The highest BCUT2D eigenvalue weighted by molar-refractivity contribution is 5.96. The molecule has 154 valence electrons. The van der Waals surface area contributed by atoms with Gasteiger partial charge in [0, 0.05) is 22.9 Å². The van der Waals surface area contributed by atoms with Crippen molar-refractivity contribution in [1.82, 2.24) is 15.2 Å². The van der Waals surface area contributed by atoms with Crippen LogP contribution >= 0.6 is 0 Å². The Kier molecular flexibility index (Phi) is 6.03. The van der Waals surface area contributed by atoms with E-state index in [9.17, 15) is 4.79 Å². The topological polar surface area (TPSA) is 59.3 Å². The summed E-state index contributed by atoms with van der Waals surface area (Å²) in [4.78, 5) is 12.4. The third-order valence-electron chi connectivity index (χ3n) is 5.06. The predicted molar refractivity (Wildman–Crippen MR) is 124 cm³/mol. The Labute approximate surface area is 182 Å². The van der Waals surface area contributed by atoms with E-state index in [1.165, 1.54) is 5.56 Å². The van der Waals surface area contributed by atoms with Crippen LogP contribution < -0.4 is 5.43 Å². The number of aromatic nitrogens is 2. The van der Waals surface area contributed by atoms with Gasteiger partial charge in [0.1, 0.15) is 5.69 Å². The van der Waals surface area contributed by atoms with Crippen LogP contribution in [0.25, 0.3) is 11.3 Å². The molecule has 0 saturated carbocycles. The van der Waals surface area contributed by atoms with Crippen LogP contribution in [0.4, 0.5) is 0 Å². The lowest BCUT2D eigenvalue weighted by Gasteiger charge is -2.03. The van der Waals surface area contributed by atoms with Gasteiger partial charge in [0.15, 0.2) is 0 Å². The number of aryl methyl sites for hydroxylation is 2. The van der Waals surface area contributed by atoms with Gasteiger partial charge in [0.25, 0.3) is 5.91 Å². The lowest BCUT2D eigenvalue weighted by molar-refractivity contribution is 0.0954. The highest BCUT2D eigenvalue weighted by atomic mass is 16.2. The molecule has 31 heavy (non-hydrogen) atoms. The average molecular weight is 409 g/mol. The molecule has 0 spiro atoms. The molecule has 0 bridgehead atoms. The molecular weight excluding hydrogens is 384 g/mol. The van der Waals surface area contributed by atoms with Crippen molar-refractivity contribution in [3.8, 4) is 11.3 Å². The summed E-state index contributed by atoms with van der Waals surface area (Å²) in [6, 6.07) is 25.8. The monoisotopic (exact) mass is 408 g/mol. The van der Waals surface area contributed by atoms with Gasteiger partial charge in [-0.1, -0.05) is 78.4 Å². The van der Waals surface area contributed by atoms with Gasteiger partial charge in [-0.3, -0.25) is 9.48 Å². The summed E-state index contributed by atoms with van der Waals surface area (Å²) in [6.45, 7) is 4.62. The zero-order chi connectivity index (χ0) is 21.6. The number of nitrogens with one attached hydrogen (secondary N) is 1. The standard InChI is InChI=1S/C26H24N4O/c1-19-12-14-22(15-13-19)25-23(18-30(29-25)17-21-9-4-3-5-10-21)16-27-28-26(31)24-11-7-6-8-20(24)2/h3-16,18H,17H2,1-2H3,(H,28,31)/b27-16-. The maximum Gasteiger partial charge on any atom is 0.271 e. The van der Waals surface area contributed by atoms with E-state index >= 15 is 0 Å². The van der Waals surface area contributed by atoms with E-state index in [0.29, 0.717) is 12.1 Å². The van der Waals surface area contributed by atoms with Crippen molar-refractivity contribution >= 4 is 12.1 Å². The fourth-order valence-corrected chi connectivity index (χ4v) is 3.37. The number of amides is 1. The molecule has 1 aromatic heterocycles. The van der Waals surface area contributed by atoms with E-state index in [1.54, 1.807) is 12.3 Å². The molecule has 1 heterocycles. The van der Waals surface area contributed by atoms with E-state index in [1.807, 2.05) is 66.3 Å². The highest BCUT2D eigenvalue weighted by Crippen LogP contribution is 2.22. The third kappa shape index (κ3) is 4.95. The van der Waals surface area contributed by atoms with Crippen LogP contribution in [-0.4, -0.2) is 21.9 Å². The zero-order valence-corrected chi connectivity index (χ0v) is 17.6. The second kappa shape index (κ2) is 9.22. The minimum absolute atomic E-state index is 0.233. The van der Waals surface area contributed by atoms with E-state index in [-0.39, 0.29) is 5.91 Å². The molecule has 0 fully saturated rings. The van der Waals surface area contributed by atoms with Crippen molar-refractivity contribution < 1.29 is 4.79 Å². The minimum Gasteiger partial charge on any atom is -0.267 e. The second-order valence-electron chi connectivity index (χ2n) is 7.50. The molecule has 0 atom stereocenters. The molecule has 1 N–H and O–H groups in total. The van der Waals surface area contributed by atoms with Crippen molar-refractivity contribution in [3.63, 3.8) is 0 Å². The fraction of sp³-hybridized carbons (Fsp3) is 0.115. The second-order valence-corrected chi connectivity index (χ2v) is 7.50. The first-order valence-electron chi connectivity index (χ1n) is 10.2. The summed E-state index contributed by atoms with van der Waals surface area (Å²) in [5, 5.41) is 8.99. The van der Waals surface area contributed by atoms with E-state index in [2.05, 4.69) is 41.7 Å². The van der Waals surface area contributed by atoms with Gasteiger partial charge in [-0.25, -0.2) is 5.43 Å². The summed E-state index contributed by atoms with van der Waals surface area (Å²) in [5.41, 5.74) is 9.16. The molecule has 0 radical (unpaired) electrons. The van der Waals surface area contributed by atoms with Crippen molar-refractivity contribution in [2.24, 2.45) is 5.10 Å². The number of hydrogen-bond acceptors (Lipinski definition) is 3. The van der Waals surface area contributed by atoms with Gasteiger partial charge in [-0.2, -0.15) is 10.2 Å². The molecular formula is C26H24N4O. The molecule has 0 saturated heterocycles. The Hall–Kier alpha value is -3.99. The van der Waals surface area contributed by atoms with Crippen LogP contribution in [-0.2, 0) is 6.54 Å². The maximum atomic E-state index is 12.4. The smallest absolute Gasteiger partial charge is 0.267 e. The number of benzene rings is 3. The molecule has 0 aliphatic carbocycles. The molecule has 4 rings (SSSR count). The van der Waals surface area contributed by atoms with E-state index < -0.39 is 0 Å². The SMILES string of the molecule is Cc1ccc(-c2nn(Cc3ccccc3)cc2/C=N\NC(=O)c2ccccc2C)cc1. The number of hydrazone groups is 1. The van der Waals surface area contributed by atoms with Crippen molar-refractivity contribution in [2.45, 2.75) is 20.4 Å². The van der Waals surface area contributed by atoms with E-state index in [4.69, 9.17) is 5.10 Å². The maximum absolute atomic E-state index is 12.4. The number of rotatable bonds is 6. The van der Waals surface area contributed by atoms with Gasteiger partial charge in [0.2, 0.25) is 0 Å². The summed E-state index contributed by atoms with van der Waals surface area (Å²) in [5.74, 6) is -0.233. The number of hydrogen-bond donors (Lipinski definition) is 1. The van der Waals surface area contributed by atoms with Crippen molar-refractivity contribution in [1.29, 1.82) is 0 Å². The first-order valence-corrected chi connectivity index (χ1v) is 10.2. The summed E-state index contributed by atoms with van der Waals surface area (Å²) in [6.07, 6.45) is 3.60. The minimum atomic E-state index is -0.233. The number of carbonyl (C=O) groups excluding carboxylic acids is 1. The van der Waals surface area contributed by atoms with Gasteiger partial charge < -0.3 is 0 Å². The zero-order valence-electron chi connectivity index (χ0n) is 17.6. The van der Waals surface area contributed by atoms with Crippen LogP contribution in [0.15, 0.2) is 90.2 Å². The van der Waals surface area contributed by atoms with Crippen LogP contribution in [0.5, 0.6) is 0 Å². The van der Waals surface area contributed by atoms with Gasteiger partial charge in [-0.05, 0) is 31.0 Å². The Morgan fingerprint density at radius 1 is 0.968 bits per heavy atom. The molecule has 1 amide bonds. The fourth-order valence-electron chi connectivity index (χ4n) is 3.37. The lowest BCUT2D eigenvalue weighted by Crippen LogP contribution is -2.18. The third-order valence-corrected chi connectivity index (χ3v) is 5.06. The molecule has 0 aliphatic heterocycles. The summed E-state index contributed by atoms with van der Waals surface area (Å²) >= 11 is 0. The number of nitrogens with zero attached hydrogens (tertiary/aromatic N) is 3. The van der Waals surface area contributed by atoms with Crippen molar-refractivity contribution in [3.05, 3.63) is 113 Å². The molecule has 4 aromatic rings. The summed E-state index contributed by atoms with van der Waals surface area (Å²) < 4.78 is 1.90. The Morgan fingerprint density at radius 2 is 1.68 bits per heavy atom. The number of carbonyl (C=O) groups is 1. The van der Waals surface area contributed by atoms with Gasteiger partial charge >= 0.3 is 0 Å². The highest BCUT2D eigenvalue weighted by Gasteiger charge is 2.11. The van der Waals surface area contributed by atoms with E-state index in [0.717, 1.165) is 27.9 Å². The first-order chi connectivity index (χ1) is 15.1. The molecule has 3 aromatic carbocycles. The van der Waals surface area contributed by atoms with Gasteiger partial charge in [0.05, 0.1) is 12.8 Å². The molecule has 0 aliphatic rings. The molecule has 0 unspecified atom stereocenters. The quantitative estimate of drug-likeness (QED) is 0.361. The summed E-state index contributed by atoms with van der Waals surface area (Å²) in [7, 11) is 0. The Balaban J connectivity index is 1.60. The predicted octanol–water partition coefficient (Wildman–Crippen LogP) is 4.98. The Morgan fingerprint density at radius 3 is 2.42 bits per heavy atom. The average Bonchev–Trinajstić information content (AvgIpc) is 3.17.